The van der Waals surface area contributed by atoms with Gasteiger partial charge in [-0.25, -0.2) is 27.6 Å². The molecule has 0 aliphatic rings. The Bertz CT molecular complexity index is 1540. The molecule has 2 heterocycles. The van der Waals surface area contributed by atoms with Crippen LogP contribution in [0.15, 0.2) is 70.5 Å². The van der Waals surface area contributed by atoms with E-state index in [1.165, 1.54) is 49.2 Å². The number of hydrogen-bond acceptors (Lipinski definition) is 8. The Hall–Kier alpha value is -4.12. The number of fused-ring (bicyclic) bond motifs is 1. The van der Waals surface area contributed by atoms with Crippen LogP contribution in [-0.4, -0.2) is 48.7 Å². The molecule has 0 fully saturated rings. The first-order valence-electron chi connectivity index (χ1n) is 10.2. The zero-order chi connectivity index (χ0) is 24.5. The fraction of sp³-hybridized carbons (Fsp3) is 0.174. The van der Waals surface area contributed by atoms with Crippen molar-refractivity contribution in [1.29, 1.82) is 0 Å². The maximum atomic E-state index is 13.8. The monoisotopic (exact) mass is 483 g/mol. The molecule has 4 rings (SSSR count). The van der Waals surface area contributed by atoms with Gasteiger partial charge >= 0.3 is 11.7 Å². The predicted octanol–water partition coefficient (Wildman–Crippen LogP) is 2.62. The highest BCUT2D eigenvalue weighted by Crippen LogP contribution is 2.30. The van der Waals surface area contributed by atoms with Crippen LogP contribution in [0.1, 0.15) is 17.3 Å². The van der Waals surface area contributed by atoms with E-state index in [0.717, 1.165) is 0 Å². The number of methoxy groups -OCH3 is 2. The molecule has 2 aromatic heterocycles. The van der Waals surface area contributed by atoms with E-state index < -0.39 is 21.7 Å². The number of aromatic nitrogens is 3. The van der Waals surface area contributed by atoms with Crippen LogP contribution in [0.2, 0.25) is 0 Å². The van der Waals surface area contributed by atoms with Crippen LogP contribution >= 0.6 is 0 Å². The Balaban J connectivity index is 2.02. The lowest BCUT2D eigenvalue weighted by Gasteiger charge is -2.12. The van der Waals surface area contributed by atoms with E-state index in [0.29, 0.717) is 21.8 Å². The van der Waals surface area contributed by atoms with Crippen molar-refractivity contribution in [2.24, 2.45) is 0 Å². The number of carbonyl (C=O) groups excluding carboxylic acids is 1. The standard InChI is InChI=1S/C23H21N3O7S/c1-4-33-16-9-10-17-18(14-16)25(21-7-5-6-12-24-21)23(28)26(17)34(29,30)20-11-8-15(22(27)32-3)13-19(20)31-2/h5-14H,4H2,1-3H3. The second kappa shape index (κ2) is 9.02. The SMILES string of the molecule is CCOc1ccc2c(c1)n(-c1ccccn1)c(=O)n2S(=O)(=O)c1ccc(C(=O)OC)cc1OC. The lowest BCUT2D eigenvalue weighted by molar-refractivity contribution is 0.0600. The van der Waals surface area contributed by atoms with Gasteiger partial charge < -0.3 is 14.2 Å². The van der Waals surface area contributed by atoms with Gasteiger partial charge in [0.15, 0.2) is 0 Å². The zero-order valence-corrected chi connectivity index (χ0v) is 19.4. The average molecular weight is 484 g/mol. The third-order valence-electron chi connectivity index (χ3n) is 5.06. The summed E-state index contributed by atoms with van der Waals surface area (Å²) >= 11 is 0. The number of ether oxygens (including phenoxy) is 3. The molecule has 0 spiro atoms. The summed E-state index contributed by atoms with van der Waals surface area (Å²) in [4.78, 5) is 29.4. The molecule has 0 aliphatic carbocycles. The number of carbonyl (C=O) groups is 1. The smallest absolute Gasteiger partial charge is 0.349 e. The van der Waals surface area contributed by atoms with Crippen molar-refractivity contribution in [2.45, 2.75) is 11.8 Å². The molecule has 0 bridgehead atoms. The summed E-state index contributed by atoms with van der Waals surface area (Å²) in [7, 11) is -1.98. The quantitative estimate of drug-likeness (QED) is 0.368. The van der Waals surface area contributed by atoms with Gasteiger partial charge in [-0.3, -0.25) is 0 Å². The highest BCUT2D eigenvalue weighted by atomic mass is 32.2. The first kappa shape index (κ1) is 23.1. The van der Waals surface area contributed by atoms with Gasteiger partial charge in [-0.1, -0.05) is 6.07 Å². The van der Waals surface area contributed by atoms with Crippen molar-refractivity contribution in [3.8, 4) is 17.3 Å². The van der Waals surface area contributed by atoms with Crippen molar-refractivity contribution in [2.75, 3.05) is 20.8 Å². The molecular weight excluding hydrogens is 462 g/mol. The molecule has 0 N–H and O–H groups in total. The zero-order valence-electron chi connectivity index (χ0n) is 18.6. The highest BCUT2D eigenvalue weighted by molar-refractivity contribution is 7.90. The molecule has 0 saturated carbocycles. The fourth-order valence-corrected chi connectivity index (χ4v) is 5.10. The molecule has 0 radical (unpaired) electrons. The van der Waals surface area contributed by atoms with Crippen LogP contribution < -0.4 is 15.2 Å². The molecule has 11 heteroatoms. The molecular formula is C23H21N3O7S. The number of benzene rings is 2. The Morgan fingerprint density at radius 3 is 2.47 bits per heavy atom. The van der Waals surface area contributed by atoms with Gasteiger partial charge in [0, 0.05) is 12.3 Å². The predicted molar refractivity (Wildman–Crippen MR) is 123 cm³/mol. The molecule has 4 aromatic rings. The normalized spacial score (nSPS) is 11.4. The summed E-state index contributed by atoms with van der Waals surface area (Å²) in [6.45, 7) is 2.21. The van der Waals surface area contributed by atoms with Gasteiger partial charge in [0.25, 0.3) is 10.0 Å². The Morgan fingerprint density at radius 1 is 1.03 bits per heavy atom. The Labute approximate surface area is 195 Å². The van der Waals surface area contributed by atoms with Crippen molar-refractivity contribution < 1.29 is 27.4 Å². The maximum absolute atomic E-state index is 13.8. The summed E-state index contributed by atoms with van der Waals surface area (Å²) in [5, 5.41) is 0. The fourth-order valence-electron chi connectivity index (χ4n) is 3.57. The lowest BCUT2D eigenvalue weighted by Crippen LogP contribution is -2.29. The highest BCUT2D eigenvalue weighted by Gasteiger charge is 2.30. The van der Waals surface area contributed by atoms with E-state index in [1.54, 1.807) is 30.3 Å². The number of imidazole rings is 1. The van der Waals surface area contributed by atoms with E-state index >= 15 is 0 Å². The van der Waals surface area contributed by atoms with Crippen LogP contribution in [0.3, 0.4) is 0 Å². The Morgan fingerprint density at radius 2 is 1.82 bits per heavy atom. The molecule has 0 amide bonds. The van der Waals surface area contributed by atoms with Gasteiger partial charge in [-0.15, -0.1) is 0 Å². The van der Waals surface area contributed by atoms with E-state index in [2.05, 4.69) is 9.72 Å². The van der Waals surface area contributed by atoms with E-state index in [4.69, 9.17) is 9.47 Å². The molecule has 2 aromatic carbocycles. The first-order chi connectivity index (χ1) is 16.3. The lowest BCUT2D eigenvalue weighted by atomic mass is 10.2. The van der Waals surface area contributed by atoms with Gasteiger partial charge in [0.1, 0.15) is 22.2 Å². The number of nitrogens with zero attached hydrogens (tertiary/aromatic N) is 3. The third-order valence-corrected chi connectivity index (χ3v) is 6.79. The molecule has 0 atom stereocenters. The summed E-state index contributed by atoms with van der Waals surface area (Å²) in [5.41, 5.74) is -0.328. The van der Waals surface area contributed by atoms with E-state index in [1.807, 2.05) is 6.92 Å². The molecule has 0 unspecified atom stereocenters. The average Bonchev–Trinajstić information content (AvgIpc) is 3.15. The minimum absolute atomic E-state index is 0.0999. The Kier molecular flexibility index (Phi) is 6.12. The minimum Gasteiger partial charge on any atom is -0.495 e. The van der Waals surface area contributed by atoms with Gasteiger partial charge in [-0.2, -0.15) is 3.97 Å². The van der Waals surface area contributed by atoms with Crippen LogP contribution in [0, 0.1) is 0 Å². The molecule has 0 saturated heterocycles. The first-order valence-corrected chi connectivity index (χ1v) is 11.6. The number of rotatable bonds is 7. The van der Waals surface area contributed by atoms with Crippen molar-refractivity contribution in [3.05, 3.63) is 76.8 Å². The number of pyridine rings is 1. The minimum atomic E-state index is -4.46. The summed E-state index contributed by atoms with van der Waals surface area (Å²) in [6, 6.07) is 13.4. The van der Waals surface area contributed by atoms with Gasteiger partial charge in [0.05, 0.1) is 37.4 Å². The summed E-state index contributed by atoms with van der Waals surface area (Å²) < 4.78 is 44.9. The maximum Gasteiger partial charge on any atom is 0.349 e. The van der Waals surface area contributed by atoms with E-state index in [-0.39, 0.29) is 27.5 Å². The van der Waals surface area contributed by atoms with Crippen molar-refractivity contribution >= 4 is 27.0 Å². The van der Waals surface area contributed by atoms with Crippen LogP contribution in [-0.2, 0) is 14.8 Å². The molecule has 0 aliphatic heterocycles. The summed E-state index contributed by atoms with van der Waals surface area (Å²) in [6.07, 6.45) is 1.50. The van der Waals surface area contributed by atoms with Crippen molar-refractivity contribution in [1.82, 2.24) is 13.5 Å². The van der Waals surface area contributed by atoms with Crippen molar-refractivity contribution in [3.63, 3.8) is 0 Å². The third kappa shape index (κ3) is 3.79. The van der Waals surface area contributed by atoms with E-state index in [9.17, 15) is 18.0 Å². The number of esters is 1. The second-order valence-electron chi connectivity index (χ2n) is 7.02. The van der Waals surface area contributed by atoms with Crippen LogP contribution in [0.4, 0.5) is 0 Å². The van der Waals surface area contributed by atoms with Gasteiger partial charge in [-0.05, 0) is 49.4 Å². The van der Waals surface area contributed by atoms with Gasteiger partial charge in [0.2, 0.25) is 0 Å². The summed E-state index contributed by atoms with van der Waals surface area (Å²) in [5.74, 6) is -0.0589. The molecule has 176 valence electrons. The molecule has 34 heavy (non-hydrogen) atoms. The van der Waals surface area contributed by atoms with Crippen LogP contribution in [0.5, 0.6) is 11.5 Å². The topological polar surface area (TPSA) is 119 Å². The largest absolute Gasteiger partial charge is 0.495 e. The van der Waals surface area contributed by atoms with Crippen LogP contribution in [0.25, 0.3) is 16.9 Å². The number of hydrogen-bond donors (Lipinski definition) is 0. The molecule has 10 nitrogen and oxygen atoms in total. The second-order valence-corrected chi connectivity index (χ2v) is 8.77.